The molecule has 0 bridgehead atoms. The van der Waals surface area contributed by atoms with Crippen LogP contribution in [0.4, 0.5) is 0 Å². The summed E-state index contributed by atoms with van der Waals surface area (Å²) in [5.74, 6) is 0.263. The maximum atomic E-state index is 12.1. The van der Waals surface area contributed by atoms with Crippen LogP contribution in [-0.4, -0.2) is 54.5 Å². The summed E-state index contributed by atoms with van der Waals surface area (Å²) in [6.45, 7) is 8.05. The zero-order chi connectivity index (χ0) is 12.7. The summed E-state index contributed by atoms with van der Waals surface area (Å²) in [5, 5.41) is 0. The minimum absolute atomic E-state index is 0. The van der Waals surface area contributed by atoms with Gasteiger partial charge in [0.1, 0.15) is 0 Å². The van der Waals surface area contributed by atoms with Crippen molar-refractivity contribution in [2.75, 3.05) is 32.7 Å². The van der Waals surface area contributed by atoms with E-state index in [1.165, 1.54) is 19.3 Å². The highest BCUT2D eigenvalue weighted by atomic mass is 35.5. The Bertz CT molecular complexity index is 232. The number of carbonyl (C=O) groups is 1. The van der Waals surface area contributed by atoms with Gasteiger partial charge in [0.25, 0.3) is 0 Å². The van der Waals surface area contributed by atoms with Crippen molar-refractivity contribution in [1.82, 2.24) is 9.80 Å². The largest absolute Gasteiger partial charge is 0.342 e. The van der Waals surface area contributed by atoms with Crippen LogP contribution >= 0.6 is 12.4 Å². The van der Waals surface area contributed by atoms with Gasteiger partial charge in [-0.1, -0.05) is 6.42 Å². The molecule has 4 nitrogen and oxygen atoms in total. The highest BCUT2D eigenvalue weighted by Crippen LogP contribution is 2.19. The van der Waals surface area contributed by atoms with E-state index in [4.69, 9.17) is 5.73 Å². The lowest BCUT2D eigenvalue weighted by atomic mass is 9.99. The van der Waals surface area contributed by atoms with Gasteiger partial charge in [-0.15, -0.1) is 12.4 Å². The van der Waals surface area contributed by atoms with Crippen molar-refractivity contribution in [3.05, 3.63) is 0 Å². The highest BCUT2D eigenvalue weighted by Gasteiger charge is 2.24. The Morgan fingerprint density at radius 2 is 2.00 bits per heavy atom. The van der Waals surface area contributed by atoms with Crippen molar-refractivity contribution >= 4 is 18.3 Å². The van der Waals surface area contributed by atoms with Crippen LogP contribution in [0.3, 0.4) is 0 Å². The molecule has 108 valence electrons. The molecule has 0 aromatic carbocycles. The van der Waals surface area contributed by atoms with Gasteiger partial charge in [0.2, 0.25) is 5.91 Å². The Labute approximate surface area is 117 Å². The molecule has 0 aromatic rings. The molecule has 1 fully saturated rings. The van der Waals surface area contributed by atoms with Crippen LogP contribution in [0.1, 0.15) is 39.5 Å². The van der Waals surface area contributed by atoms with E-state index in [0.29, 0.717) is 12.6 Å². The molecule has 1 amide bonds. The molecular formula is C13H28ClN3O. The molecule has 2 N–H and O–H groups in total. The lowest BCUT2D eigenvalue weighted by molar-refractivity contribution is -0.133. The van der Waals surface area contributed by atoms with E-state index < -0.39 is 0 Å². The maximum absolute atomic E-state index is 12.1. The molecule has 1 atom stereocenters. The summed E-state index contributed by atoms with van der Waals surface area (Å²) in [5.41, 5.74) is 5.64. The van der Waals surface area contributed by atoms with Crippen LogP contribution in [0.2, 0.25) is 0 Å². The molecule has 1 unspecified atom stereocenters. The molecule has 1 rings (SSSR count). The van der Waals surface area contributed by atoms with Gasteiger partial charge in [-0.05, 0) is 46.2 Å². The first-order valence-corrected chi connectivity index (χ1v) is 6.94. The molecule has 0 aliphatic carbocycles. The summed E-state index contributed by atoms with van der Waals surface area (Å²) in [6.07, 6.45) is 4.71. The van der Waals surface area contributed by atoms with Crippen LogP contribution in [0, 0.1) is 0 Å². The fourth-order valence-corrected chi connectivity index (χ4v) is 2.64. The fourth-order valence-electron chi connectivity index (χ4n) is 2.64. The molecule has 1 aliphatic rings. The monoisotopic (exact) mass is 277 g/mol. The quantitative estimate of drug-likeness (QED) is 0.800. The van der Waals surface area contributed by atoms with Crippen LogP contribution in [0.5, 0.6) is 0 Å². The van der Waals surface area contributed by atoms with E-state index in [1.807, 2.05) is 18.7 Å². The Hall–Kier alpha value is -0.320. The van der Waals surface area contributed by atoms with Crippen LogP contribution in [0.25, 0.3) is 0 Å². The lowest BCUT2D eigenvalue weighted by Crippen LogP contribution is -2.47. The number of nitrogens with zero attached hydrogens (tertiary/aromatic N) is 2. The number of piperidine rings is 1. The Balaban J connectivity index is 0.00000289. The average molecular weight is 278 g/mol. The smallest absolute Gasteiger partial charge is 0.236 e. The normalized spacial score (nSPS) is 20.3. The van der Waals surface area contributed by atoms with Crippen LogP contribution < -0.4 is 5.73 Å². The first kappa shape index (κ1) is 17.7. The van der Waals surface area contributed by atoms with Crippen molar-refractivity contribution in [1.29, 1.82) is 0 Å². The summed E-state index contributed by atoms with van der Waals surface area (Å²) in [6, 6.07) is 0.522. The molecule has 1 aliphatic heterocycles. The van der Waals surface area contributed by atoms with Gasteiger partial charge in [0.05, 0.1) is 6.54 Å². The minimum Gasteiger partial charge on any atom is -0.342 e. The van der Waals surface area contributed by atoms with Gasteiger partial charge in [-0.2, -0.15) is 0 Å². The first-order chi connectivity index (χ1) is 8.22. The average Bonchev–Trinajstić information content (AvgIpc) is 2.33. The number of likely N-dealkylation sites (tertiary alicyclic amines) is 1. The van der Waals surface area contributed by atoms with Crippen molar-refractivity contribution in [2.45, 2.75) is 45.6 Å². The molecule has 0 aromatic heterocycles. The van der Waals surface area contributed by atoms with Crippen LogP contribution in [0.15, 0.2) is 0 Å². The van der Waals surface area contributed by atoms with Crippen molar-refractivity contribution < 1.29 is 4.79 Å². The predicted octanol–water partition coefficient (Wildman–Crippen LogP) is 1.48. The number of rotatable bonds is 6. The summed E-state index contributed by atoms with van der Waals surface area (Å²) >= 11 is 0. The second-order valence-corrected chi connectivity index (χ2v) is 4.76. The minimum atomic E-state index is 0. The number of nitrogens with two attached hydrogens (primary N) is 1. The van der Waals surface area contributed by atoms with E-state index in [0.717, 1.165) is 32.6 Å². The Kier molecular flexibility index (Phi) is 9.42. The predicted molar refractivity (Wildman–Crippen MR) is 78.1 cm³/mol. The first-order valence-electron chi connectivity index (χ1n) is 6.94. The Morgan fingerprint density at radius 3 is 2.56 bits per heavy atom. The topological polar surface area (TPSA) is 49.6 Å². The van der Waals surface area contributed by atoms with Crippen molar-refractivity contribution in [3.63, 3.8) is 0 Å². The molecule has 18 heavy (non-hydrogen) atoms. The lowest BCUT2D eigenvalue weighted by Gasteiger charge is -2.36. The zero-order valence-corrected chi connectivity index (χ0v) is 12.5. The number of amides is 1. The van der Waals surface area contributed by atoms with Gasteiger partial charge >= 0.3 is 0 Å². The van der Waals surface area contributed by atoms with E-state index in [1.54, 1.807) is 0 Å². The molecule has 1 saturated heterocycles. The van der Waals surface area contributed by atoms with Gasteiger partial charge in [-0.3, -0.25) is 9.69 Å². The second kappa shape index (κ2) is 9.59. The van der Waals surface area contributed by atoms with Crippen molar-refractivity contribution in [3.8, 4) is 0 Å². The SMILES string of the molecule is CCN(CC)C(=O)CN1CCCCC1CCN.Cl. The molecule has 5 heteroatoms. The maximum Gasteiger partial charge on any atom is 0.236 e. The third kappa shape index (κ3) is 5.12. The van der Waals surface area contributed by atoms with Gasteiger partial charge in [0.15, 0.2) is 0 Å². The third-order valence-corrected chi connectivity index (χ3v) is 3.70. The van der Waals surface area contributed by atoms with Gasteiger partial charge in [0, 0.05) is 19.1 Å². The van der Waals surface area contributed by atoms with E-state index in [9.17, 15) is 4.79 Å². The molecule has 0 saturated carbocycles. The summed E-state index contributed by atoms with van der Waals surface area (Å²) in [4.78, 5) is 16.3. The van der Waals surface area contributed by atoms with Gasteiger partial charge < -0.3 is 10.6 Å². The zero-order valence-electron chi connectivity index (χ0n) is 11.7. The number of hydrogen-bond acceptors (Lipinski definition) is 3. The molecular weight excluding hydrogens is 250 g/mol. The Morgan fingerprint density at radius 1 is 1.33 bits per heavy atom. The number of hydrogen-bond donors (Lipinski definition) is 1. The summed E-state index contributed by atoms with van der Waals surface area (Å²) < 4.78 is 0. The number of halogens is 1. The number of likely N-dealkylation sites (N-methyl/N-ethyl adjacent to an activating group) is 1. The van der Waals surface area contributed by atoms with E-state index in [-0.39, 0.29) is 18.3 Å². The number of carbonyl (C=O) groups excluding carboxylic acids is 1. The third-order valence-electron chi connectivity index (χ3n) is 3.70. The van der Waals surface area contributed by atoms with Crippen LogP contribution in [-0.2, 0) is 4.79 Å². The fraction of sp³-hybridized carbons (Fsp3) is 0.923. The second-order valence-electron chi connectivity index (χ2n) is 4.76. The summed E-state index contributed by atoms with van der Waals surface area (Å²) in [7, 11) is 0. The van der Waals surface area contributed by atoms with Gasteiger partial charge in [-0.25, -0.2) is 0 Å². The van der Waals surface area contributed by atoms with Crippen molar-refractivity contribution in [2.24, 2.45) is 5.73 Å². The van der Waals surface area contributed by atoms with E-state index in [2.05, 4.69) is 4.90 Å². The molecule has 0 radical (unpaired) electrons. The molecule has 0 spiro atoms. The highest BCUT2D eigenvalue weighted by molar-refractivity contribution is 5.85. The molecule has 1 heterocycles. The standard InChI is InChI=1S/C13H27N3O.ClH/c1-3-15(4-2)13(17)11-16-10-6-5-7-12(16)8-9-14;/h12H,3-11,14H2,1-2H3;1H. The van der Waals surface area contributed by atoms with E-state index >= 15 is 0 Å².